The fraction of sp³-hybridized carbons (Fsp3) is 0.700. The summed E-state index contributed by atoms with van der Waals surface area (Å²) in [6.07, 6.45) is 1.15. The highest BCUT2D eigenvalue weighted by Crippen LogP contribution is 2.34. The van der Waals surface area contributed by atoms with E-state index in [2.05, 4.69) is 18.9 Å². The normalized spacial score (nSPS) is 15.1. The van der Waals surface area contributed by atoms with Crippen LogP contribution in [0.3, 0.4) is 0 Å². The molecule has 1 aliphatic heterocycles. The van der Waals surface area contributed by atoms with Crippen LogP contribution in [0, 0.1) is 5.92 Å². The zero-order valence-electron chi connectivity index (χ0n) is 8.59. The summed E-state index contributed by atoms with van der Waals surface area (Å²) in [6.45, 7) is 5.40. The molecule has 0 atom stereocenters. The van der Waals surface area contributed by atoms with E-state index < -0.39 is 0 Å². The number of aromatic nitrogens is 2. The quantitative estimate of drug-likeness (QED) is 0.793. The number of aryl methyl sites for hydroxylation is 1. The van der Waals surface area contributed by atoms with E-state index in [1.54, 1.807) is 0 Å². The average molecular weight is 231 g/mol. The lowest BCUT2D eigenvalue weighted by Gasteiger charge is -2.06. The van der Waals surface area contributed by atoms with E-state index in [9.17, 15) is 0 Å². The Labute approximate surface area is 94.0 Å². The van der Waals surface area contributed by atoms with Gasteiger partial charge in [0.05, 0.1) is 5.69 Å². The second-order valence-electron chi connectivity index (χ2n) is 4.11. The van der Waals surface area contributed by atoms with Gasteiger partial charge in [0.1, 0.15) is 5.15 Å². The van der Waals surface area contributed by atoms with Gasteiger partial charge in [0.15, 0.2) is 0 Å². The molecule has 0 N–H and O–H groups in total. The molecule has 2 heterocycles. The van der Waals surface area contributed by atoms with E-state index in [1.807, 2.05) is 16.4 Å². The molecule has 0 fully saturated rings. The molecule has 0 unspecified atom stereocenters. The van der Waals surface area contributed by atoms with Crippen molar-refractivity contribution in [1.29, 1.82) is 0 Å². The number of fused-ring (bicyclic) bond motifs is 1. The maximum Gasteiger partial charge on any atom is 0.131 e. The Balaban J connectivity index is 2.12. The van der Waals surface area contributed by atoms with Crippen molar-refractivity contribution in [2.75, 3.05) is 0 Å². The van der Waals surface area contributed by atoms with Gasteiger partial charge in [0.2, 0.25) is 0 Å². The summed E-state index contributed by atoms with van der Waals surface area (Å²) in [4.78, 5) is 0. The second kappa shape index (κ2) is 4.15. The van der Waals surface area contributed by atoms with E-state index in [1.165, 1.54) is 11.3 Å². The molecule has 0 aromatic carbocycles. The van der Waals surface area contributed by atoms with Crippen LogP contribution in [-0.2, 0) is 18.1 Å². The van der Waals surface area contributed by atoms with Crippen LogP contribution in [0.2, 0.25) is 5.15 Å². The number of thioether (sulfide) groups is 1. The summed E-state index contributed by atoms with van der Waals surface area (Å²) in [5.41, 5.74) is 2.46. The number of halogens is 1. The summed E-state index contributed by atoms with van der Waals surface area (Å²) in [5.74, 6) is 2.78. The van der Waals surface area contributed by atoms with Crippen LogP contribution >= 0.6 is 23.4 Å². The third kappa shape index (κ3) is 1.94. The highest BCUT2D eigenvalue weighted by atomic mass is 35.5. The maximum absolute atomic E-state index is 6.24. The van der Waals surface area contributed by atoms with Gasteiger partial charge >= 0.3 is 0 Å². The first kappa shape index (κ1) is 10.4. The summed E-state index contributed by atoms with van der Waals surface area (Å²) in [5, 5.41) is 5.39. The minimum Gasteiger partial charge on any atom is -0.253 e. The van der Waals surface area contributed by atoms with Crippen molar-refractivity contribution in [3.05, 3.63) is 16.4 Å². The molecule has 1 aromatic rings. The second-order valence-corrected chi connectivity index (χ2v) is 5.46. The molecule has 0 amide bonds. The van der Waals surface area contributed by atoms with Crippen molar-refractivity contribution >= 4 is 23.4 Å². The Morgan fingerprint density at radius 3 is 2.93 bits per heavy atom. The molecule has 0 aliphatic carbocycles. The number of hydrogen-bond donors (Lipinski definition) is 0. The van der Waals surface area contributed by atoms with Crippen molar-refractivity contribution < 1.29 is 0 Å². The predicted octanol–water partition coefficient (Wildman–Crippen LogP) is 3.33. The molecule has 2 nitrogen and oxygen atoms in total. The molecule has 0 bridgehead atoms. The van der Waals surface area contributed by atoms with E-state index in [0.29, 0.717) is 5.92 Å². The molecule has 0 spiro atoms. The summed E-state index contributed by atoms with van der Waals surface area (Å²) >= 11 is 8.14. The fourth-order valence-electron chi connectivity index (χ4n) is 1.56. The van der Waals surface area contributed by atoms with Gasteiger partial charge in [-0.1, -0.05) is 25.4 Å². The van der Waals surface area contributed by atoms with Crippen molar-refractivity contribution in [3.8, 4) is 0 Å². The van der Waals surface area contributed by atoms with Crippen molar-refractivity contribution in [1.82, 2.24) is 9.78 Å². The van der Waals surface area contributed by atoms with E-state index in [-0.39, 0.29) is 0 Å². The molecule has 1 aromatic heterocycles. The molecule has 78 valence electrons. The standard InChI is InChI=1S/C10H15ClN2S/c1-7(2)3-4-13-10(11)8-5-14-6-9(8)12-13/h7H,3-6H2,1-2H3. The Bertz CT molecular complexity index is 333. The van der Waals surface area contributed by atoms with E-state index in [4.69, 9.17) is 11.6 Å². The van der Waals surface area contributed by atoms with E-state index >= 15 is 0 Å². The lowest BCUT2D eigenvalue weighted by atomic mass is 10.1. The number of nitrogens with zero attached hydrogens (tertiary/aromatic N) is 2. The zero-order valence-corrected chi connectivity index (χ0v) is 10.2. The molecule has 0 saturated heterocycles. The minimum absolute atomic E-state index is 0.708. The molecule has 14 heavy (non-hydrogen) atoms. The van der Waals surface area contributed by atoms with Crippen molar-refractivity contribution in [2.24, 2.45) is 5.92 Å². The molecular weight excluding hydrogens is 216 g/mol. The first-order chi connectivity index (χ1) is 6.68. The van der Waals surface area contributed by atoms with Crippen LogP contribution in [0.1, 0.15) is 31.5 Å². The Hall–Kier alpha value is -0.150. The number of hydrogen-bond acceptors (Lipinski definition) is 2. The van der Waals surface area contributed by atoms with Gasteiger partial charge in [0, 0.05) is 23.6 Å². The first-order valence-corrected chi connectivity index (χ1v) is 6.53. The highest BCUT2D eigenvalue weighted by molar-refractivity contribution is 7.98. The van der Waals surface area contributed by atoms with Crippen LogP contribution < -0.4 is 0 Å². The van der Waals surface area contributed by atoms with Gasteiger partial charge in [-0.25, -0.2) is 0 Å². The Kier molecular flexibility index (Phi) is 3.07. The largest absolute Gasteiger partial charge is 0.253 e. The maximum atomic E-state index is 6.24. The monoisotopic (exact) mass is 230 g/mol. The Morgan fingerprint density at radius 1 is 1.50 bits per heavy atom. The molecule has 2 rings (SSSR count). The SMILES string of the molecule is CC(C)CCn1nc2c(c1Cl)CSC2. The van der Waals surface area contributed by atoms with Crippen LogP contribution in [-0.4, -0.2) is 9.78 Å². The predicted molar refractivity (Wildman–Crippen MR) is 61.7 cm³/mol. The topological polar surface area (TPSA) is 17.8 Å². The average Bonchev–Trinajstić information content (AvgIpc) is 2.66. The van der Waals surface area contributed by atoms with E-state index in [0.717, 1.165) is 29.6 Å². The van der Waals surface area contributed by atoms with Gasteiger partial charge in [-0.2, -0.15) is 16.9 Å². The lowest BCUT2D eigenvalue weighted by molar-refractivity contribution is 0.485. The first-order valence-electron chi connectivity index (χ1n) is 5.00. The molecule has 0 saturated carbocycles. The zero-order chi connectivity index (χ0) is 10.1. The minimum atomic E-state index is 0.708. The van der Waals surface area contributed by atoms with Crippen LogP contribution in [0.25, 0.3) is 0 Å². The van der Waals surface area contributed by atoms with Gasteiger partial charge in [-0.15, -0.1) is 0 Å². The van der Waals surface area contributed by atoms with Gasteiger partial charge < -0.3 is 0 Å². The lowest BCUT2D eigenvalue weighted by Crippen LogP contribution is -2.04. The number of rotatable bonds is 3. The van der Waals surface area contributed by atoms with Crippen molar-refractivity contribution in [2.45, 2.75) is 38.3 Å². The van der Waals surface area contributed by atoms with Crippen molar-refractivity contribution in [3.63, 3.8) is 0 Å². The van der Waals surface area contributed by atoms with Gasteiger partial charge in [0.25, 0.3) is 0 Å². The summed E-state index contributed by atoms with van der Waals surface area (Å²) in [6, 6.07) is 0. The van der Waals surface area contributed by atoms with Gasteiger partial charge in [-0.05, 0) is 12.3 Å². The molecule has 1 aliphatic rings. The molecule has 4 heteroatoms. The van der Waals surface area contributed by atoms with Crippen LogP contribution in [0.15, 0.2) is 0 Å². The summed E-state index contributed by atoms with van der Waals surface area (Å²) in [7, 11) is 0. The van der Waals surface area contributed by atoms with Gasteiger partial charge in [-0.3, -0.25) is 4.68 Å². The van der Waals surface area contributed by atoms with Crippen LogP contribution in [0.5, 0.6) is 0 Å². The molecule has 0 radical (unpaired) electrons. The Morgan fingerprint density at radius 2 is 2.29 bits per heavy atom. The fourth-order valence-corrected chi connectivity index (χ4v) is 2.97. The smallest absolute Gasteiger partial charge is 0.131 e. The molecular formula is C10H15ClN2S. The third-order valence-electron chi connectivity index (χ3n) is 2.47. The summed E-state index contributed by atoms with van der Waals surface area (Å²) < 4.78 is 1.96. The third-order valence-corrected chi connectivity index (χ3v) is 3.86. The van der Waals surface area contributed by atoms with Crippen LogP contribution in [0.4, 0.5) is 0 Å². The highest BCUT2D eigenvalue weighted by Gasteiger charge is 2.20.